The van der Waals surface area contributed by atoms with Crippen LogP contribution in [0.15, 0.2) is 46.9 Å². The van der Waals surface area contributed by atoms with E-state index in [0.717, 1.165) is 15.6 Å². The maximum absolute atomic E-state index is 12.6. The van der Waals surface area contributed by atoms with Gasteiger partial charge in [0.2, 0.25) is 0 Å². The molecule has 2 aromatic rings. The molecule has 0 aromatic heterocycles. The number of rotatable bonds is 3. The number of aryl methyl sites for hydroxylation is 1. The highest BCUT2D eigenvalue weighted by molar-refractivity contribution is 9.10. The van der Waals surface area contributed by atoms with Crippen molar-refractivity contribution in [3.8, 4) is 6.07 Å². The lowest BCUT2D eigenvalue weighted by Crippen LogP contribution is -2.13. The van der Waals surface area contributed by atoms with E-state index in [1.165, 1.54) is 0 Å². The maximum Gasteiger partial charge on any atom is 0.184 e. The monoisotopic (exact) mass is 327 g/mol. The normalized spacial score (nSPS) is 11.7. The van der Waals surface area contributed by atoms with Gasteiger partial charge in [-0.15, -0.1) is 0 Å². The summed E-state index contributed by atoms with van der Waals surface area (Å²) in [5.41, 5.74) is 3.33. The summed E-state index contributed by atoms with van der Waals surface area (Å²) >= 11 is 3.37. The second-order valence-corrected chi connectivity index (χ2v) is 5.64. The number of carbonyl (C=O) groups excluding carboxylic acids is 1. The van der Waals surface area contributed by atoms with E-state index < -0.39 is 5.92 Å². The fourth-order valence-electron chi connectivity index (χ4n) is 2.14. The molecule has 0 radical (unpaired) electrons. The molecule has 0 saturated carbocycles. The zero-order chi connectivity index (χ0) is 14.7. The van der Waals surface area contributed by atoms with E-state index in [-0.39, 0.29) is 5.78 Å². The first-order valence-corrected chi connectivity index (χ1v) is 7.09. The lowest BCUT2D eigenvalue weighted by Gasteiger charge is -2.12. The summed E-state index contributed by atoms with van der Waals surface area (Å²) in [6, 6.07) is 15.1. The molecule has 0 saturated heterocycles. The topological polar surface area (TPSA) is 40.9 Å². The van der Waals surface area contributed by atoms with Gasteiger partial charge in [-0.3, -0.25) is 4.79 Å². The molecule has 1 unspecified atom stereocenters. The van der Waals surface area contributed by atoms with E-state index in [1.807, 2.05) is 50.2 Å². The van der Waals surface area contributed by atoms with Crippen LogP contribution in [0.4, 0.5) is 0 Å². The summed E-state index contributed by atoms with van der Waals surface area (Å²) in [6.45, 7) is 3.88. The Morgan fingerprint density at radius 2 is 1.90 bits per heavy atom. The highest BCUT2D eigenvalue weighted by atomic mass is 79.9. The number of hydrogen-bond donors (Lipinski definition) is 0. The molecule has 100 valence electrons. The fraction of sp³-hybridized carbons (Fsp3) is 0.176. The van der Waals surface area contributed by atoms with Crippen molar-refractivity contribution in [2.24, 2.45) is 0 Å². The summed E-state index contributed by atoms with van der Waals surface area (Å²) in [6.07, 6.45) is 0. The average molecular weight is 328 g/mol. The van der Waals surface area contributed by atoms with E-state index in [0.29, 0.717) is 11.1 Å². The lowest BCUT2D eigenvalue weighted by molar-refractivity contribution is 0.0978. The van der Waals surface area contributed by atoms with Crippen LogP contribution in [-0.4, -0.2) is 5.78 Å². The summed E-state index contributed by atoms with van der Waals surface area (Å²) in [5, 5.41) is 9.38. The average Bonchev–Trinajstić information content (AvgIpc) is 2.42. The molecule has 1 atom stereocenters. The van der Waals surface area contributed by atoms with Crippen LogP contribution in [0.5, 0.6) is 0 Å². The molecule has 0 N–H and O–H groups in total. The Kier molecular flexibility index (Phi) is 4.36. The molecule has 0 fully saturated rings. The molecule has 0 heterocycles. The molecule has 0 aliphatic carbocycles. The van der Waals surface area contributed by atoms with Crippen LogP contribution in [0.25, 0.3) is 0 Å². The summed E-state index contributed by atoms with van der Waals surface area (Å²) in [4.78, 5) is 12.6. The van der Waals surface area contributed by atoms with Gasteiger partial charge in [0.1, 0.15) is 5.92 Å². The minimum Gasteiger partial charge on any atom is -0.292 e. The quantitative estimate of drug-likeness (QED) is 0.775. The third-order valence-corrected chi connectivity index (χ3v) is 3.94. The van der Waals surface area contributed by atoms with Gasteiger partial charge in [-0.05, 0) is 42.7 Å². The Labute approximate surface area is 127 Å². The second kappa shape index (κ2) is 6.02. The van der Waals surface area contributed by atoms with Crippen molar-refractivity contribution in [3.63, 3.8) is 0 Å². The molecule has 0 aliphatic rings. The van der Waals surface area contributed by atoms with Crippen LogP contribution in [0.2, 0.25) is 0 Å². The van der Waals surface area contributed by atoms with Gasteiger partial charge in [0.15, 0.2) is 5.78 Å². The molecule has 0 bridgehead atoms. The summed E-state index contributed by atoms with van der Waals surface area (Å²) < 4.78 is 0.865. The molecule has 0 spiro atoms. The van der Waals surface area contributed by atoms with Crippen molar-refractivity contribution in [2.45, 2.75) is 19.8 Å². The van der Waals surface area contributed by atoms with E-state index in [9.17, 15) is 10.1 Å². The number of hydrogen-bond acceptors (Lipinski definition) is 2. The molecule has 3 heteroatoms. The van der Waals surface area contributed by atoms with Gasteiger partial charge in [-0.2, -0.15) is 5.26 Å². The van der Waals surface area contributed by atoms with Crippen molar-refractivity contribution in [3.05, 3.63) is 69.2 Å². The molecule has 20 heavy (non-hydrogen) atoms. The molecule has 0 amide bonds. The Morgan fingerprint density at radius 3 is 2.55 bits per heavy atom. The van der Waals surface area contributed by atoms with Crippen LogP contribution < -0.4 is 0 Å². The molecular weight excluding hydrogens is 314 g/mol. The molecule has 0 aliphatic heterocycles. The number of benzene rings is 2. The van der Waals surface area contributed by atoms with Crippen molar-refractivity contribution in [1.29, 1.82) is 5.26 Å². The maximum atomic E-state index is 12.6. The third kappa shape index (κ3) is 2.81. The largest absolute Gasteiger partial charge is 0.292 e. The van der Waals surface area contributed by atoms with Crippen molar-refractivity contribution in [2.75, 3.05) is 0 Å². The van der Waals surface area contributed by atoms with Crippen LogP contribution in [0.3, 0.4) is 0 Å². The minimum atomic E-state index is -0.770. The smallest absolute Gasteiger partial charge is 0.184 e. The first kappa shape index (κ1) is 14.5. The number of carbonyl (C=O) groups is 1. The van der Waals surface area contributed by atoms with Crippen LogP contribution in [0, 0.1) is 25.2 Å². The number of halogens is 1. The van der Waals surface area contributed by atoms with Crippen molar-refractivity contribution < 1.29 is 4.79 Å². The van der Waals surface area contributed by atoms with Crippen LogP contribution in [0.1, 0.15) is 33.0 Å². The zero-order valence-electron chi connectivity index (χ0n) is 11.4. The number of nitrogens with zero attached hydrogens (tertiary/aromatic N) is 1. The van der Waals surface area contributed by atoms with Crippen molar-refractivity contribution >= 4 is 21.7 Å². The second-order valence-electron chi connectivity index (χ2n) is 4.73. The lowest BCUT2D eigenvalue weighted by atomic mass is 9.89. The Hall–Kier alpha value is -1.92. The molecule has 2 aromatic carbocycles. The standard InChI is InChI=1S/C17H14BrNO/c1-11-5-3-8-15(12(11)2)17(20)16(10-19)13-6-4-7-14(18)9-13/h3-9,16H,1-2H3. The van der Waals surface area contributed by atoms with Crippen LogP contribution in [-0.2, 0) is 0 Å². The van der Waals surface area contributed by atoms with E-state index >= 15 is 0 Å². The first-order valence-electron chi connectivity index (χ1n) is 6.30. The predicted molar refractivity (Wildman–Crippen MR) is 82.7 cm³/mol. The number of nitriles is 1. The predicted octanol–water partition coefficient (Wildman–Crippen LogP) is 4.56. The number of ketones is 1. The minimum absolute atomic E-state index is 0.146. The molecule has 2 nitrogen and oxygen atoms in total. The SMILES string of the molecule is Cc1cccc(C(=O)C(C#N)c2cccc(Br)c2)c1C. The highest BCUT2D eigenvalue weighted by Crippen LogP contribution is 2.25. The van der Waals surface area contributed by atoms with Gasteiger partial charge in [0.05, 0.1) is 6.07 Å². The Morgan fingerprint density at radius 1 is 1.20 bits per heavy atom. The zero-order valence-corrected chi connectivity index (χ0v) is 12.9. The van der Waals surface area contributed by atoms with Gasteiger partial charge in [-0.25, -0.2) is 0 Å². The number of Topliss-reactive ketones (excluding diaryl/α,β-unsaturated/α-hetero) is 1. The van der Waals surface area contributed by atoms with Crippen molar-refractivity contribution in [1.82, 2.24) is 0 Å². The summed E-state index contributed by atoms with van der Waals surface area (Å²) in [5.74, 6) is -0.917. The van der Waals surface area contributed by atoms with E-state index in [1.54, 1.807) is 6.07 Å². The molecule has 2 rings (SSSR count). The first-order chi connectivity index (χ1) is 9.54. The Bertz CT molecular complexity index is 700. The van der Waals surface area contributed by atoms with Gasteiger partial charge < -0.3 is 0 Å². The van der Waals surface area contributed by atoms with Gasteiger partial charge >= 0.3 is 0 Å². The van der Waals surface area contributed by atoms with E-state index in [4.69, 9.17) is 0 Å². The van der Waals surface area contributed by atoms with Gasteiger partial charge in [0, 0.05) is 10.0 Å². The highest BCUT2D eigenvalue weighted by Gasteiger charge is 2.23. The van der Waals surface area contributed by atoms with Gasteiger partial charge in [0.25, 0.3) is 0 Å². The van der Waals surface area contributed by atoms with E-state index in [2.05, 4.69) is 22.0 Å². The fourth-order valence-corrected chi connectivity index (χ4v) is 2.56. The molecular formula is C17H14BrNO. The third-order valence-electron chi connectivity index (χ3n) is 3.44. The van der Waals surface area contributed by atoms with Crippen LogP contribution >= 0.6 is 15.9 Å². The summed E-state index contributed by atoms with van der Waals surface area (Å²) in [7, 11) is 0. The van der Waals surface area contributed by atoms with Gasteiger partial charge in [-0.1, -0.05) is 46.3 Å². The Balaban J connectivity index is 2.45.